The lowest BCUT2D eigenvalue weighted by atomic mass is 10.2. The molecule has 0 saturated carbocycles. The van der Waals surface area contributed by atoms with Crippen LogP contribution in [0, 0.1) is 0 Å². The van der Waals surface area contributed by atoms with Crippen molar-refractivity contribution < 1.29 is 13.2 Å². The fourth-order valence-corrected chi connectivity index (χ4v) is 4.96. The number of anilines is 1. The van der Waals surface area contributed by atoms with Gasteiger partial charge in [-0.05, 0) is 42.7 Å². The minimum Gasteiger partial charge on any atom is -0.353 e. The minimum absolute atomic E-state index is 0.167. The first-order valence-corrected chi connectivity index (χ1v) is 12.4. The molecule has 1 fully saturated rings. The van der Waals surface area contributed by atoms with Crippen LogP contribution in [-0.4, -0.2) is 68.4 Å². The summed E-state index contributed by atoms with van der Waals surface area (Å²) in [7, 11) is -3.75. The van der Waals surface area contributed by atoms with E-state index in [-0.39, 0.29) is 10.8 Å². The third-order valence-corrected chi connectivity index (χ3v) is 6.96. The van der Waals surface area contributed by atoms with Gasteiger partial charge >= 0.3 is 0 Å². The molecule has 0 bridgehead atoms. The van der Waals surface area contributed by atoms with E-state index in [1.807, 2.05) is 24.5 Å². The molecule has 2 heterocycles. The minimum atomic E-state index is -3.75. The number of carbonyl (C=O) groups is 1. The lowest BCUT2D eigenvalue weighted by Crippen LogP contribution is -2.55. The van der Waals surface area contributed by atoms with Crippen molar-refractivity contribution in [3.05, 3.63) is 54.7 Å². The molecule has 0 radical (unpaired) electrons. The monoisotopic (exact) mass is 434 g/mol. The van der Waals surface area contributed by atoms with Gasteiger partial charge in [0.2, 0.25) is 15.9 Å². The van der Waals surface area contributed by atoms with Gasteiger partial charge in [0.1, 0.15) is 11.9 Å². The van der Waals surface area contributed by atoms with Crippen molar-refractivity contribution in [2.75, 3.05) is 43.1 Å². The average molecular weight is 435 g/mol. The molecule has 1 saturated heterocycles. The van der Waals surface area contributed by atoms with Crippen LogP contribution in [0.5, 0.6) is 0 Å². The SMILES string of the molecule is CSCCC(NS(=O)(=O)c1ccccc1)C(=O)N1CCN(c2ccccn2)CC1. The number of carbonyl (C=O) groups excluding carboxylic acids is 1. The van der Waals surface area contributed by atoms with Crippen molar-refractivity contribution in [1.29, 1.82) is 0 Å². The number of thioether (sulfide) groups is 1. The highest BCUT2D eigenvalue weighted by molar-refractivity contribution is 7.98. The summed E-state index contributed by atoms with van der Waals surface area (Å²) in [5.41, 5.74) is 0. The van der Waals surface area contributed by atoms with E-state index < -0.39 is 16.1 Å². The molecule has 7 nitrogen and oxygen atoms in total. The summed E-state index contributed by atoms with van der Waals surface area (Å²) >= 11 is 1.59. The van der Waals surface area contributed by atoms with Crippen molar-refractivity contribution >= 4 is 33.5 Å². The highest BCUT2D eigenvalue weighted by atomic mass is 32.2. The van der Waals surface area contributed by atoms with E-state index in [0.717, 1.165) is 5.82 Å². The predicted molar refractivity (Wildman–Crippen MR) is 117 cm³/mol. The molecule has 1 aromatic carbocycles. The number of nitrogens with one attached hydrogen (secondary N) is 1. The van der Waals surface area contributed by atoms with Crippen LogP contribution in [-0.2, 0) is 14.8 Å². The van der Waals surface area contributed by atoms with E-state index in [4.69, 9.17) is 0 Å². The van der Waals surface area contributed by atoms with Crippen LogP contribution in [0.3, 0.4) is 0 Å². The van der Waals surface area contributed by atoms with Crippen LogP contribution < -0.4 is 9.62 Å². The standard InChI is InChI=1S/C20H26N4O3S2/c1-28-16-10-18(22-29(26,27)17-7-3-2-4-8-17)20(25)24-14-12-23(13-15-24)19-9-5-6-11-21-19/h2-9,11,18,22H,10,12-16H2,1H3. The molecule has 1 aliphatic rings. The number of amides is 1. The highest BCUT2D eigenvalue weighted by Gasteiger charge is 2.31. The van der Waals surface area contributed by atoms with Gasteiger partial charge in [-0.2, -0.15) is 16.5 Å². The molecule has 0 aliphatic carbocycles. The number of aromatic nitrogens is 1. The Hall–Kier alpha value is -2.10. The van der Waals surface area contributed by atoms with Gasteiger partial charge < -0.3 is 9.80 Å². The summed E-state index contributed by atoms with van der Waals surface area (Å²) < 4.78 is 28.1. The van der Waals surface area contributed by atoms with Crippen molar-refractivity contribution in [2.45, 2.75) is 17.4 Å². The summed E-state index contributed by atoms with van der Waals surface area (Å²) in [4.78, 5) is 21.5. The molecule has 0 spiro atoms. The molecule has 29 heavy (non-hydrogen) atoms. The van der Waals surface area contributed by atoms with E-state index in [9.17, 15) is 13.2 Å². The number of nitrogens with zero attached hydrogens (tertiary/aromatic N) is 3. The second-order valence-electron chi connectivity index (χ2n) is 6.77. The summed E-state index contributed by atoms with van der Waals surface area (Å²) in [5.74, 6) is 1.42. The maximum atomic E-state index is 13.1. The van der Waals surface area contributed by atoms with Crippen molar-refractivity contribution in [3.63, 3.8) is 0 Å². The highest BCUT2D eigenvalue weighted by Crippen LogP contribution is 2.16. The predicted octanol–water partition coefficient (Wildman–Crippen LogP) is 1.83. The number of benzene rings is 1. The first kappa shape index (κ1) is 21.6. The van der Waals surface area contributed by atoms with Crippen LogP contribution in [0.15, 0.2) is 59.6 Å². The van der Waals surface area contributed by atoms with Gasteiger partial charge in [0, 0.05) is 32.4 Å². The average Bonchev–Trinajstić information content (AvgIpc) is 2.77. The number of hydrogen-bond donors (Lipinski definition) is 1. The zero-order chi connectivity index (χ0) is 20.7. The first-order chi connectivity index (χ1) is 14.0. The van der Waals surface area contributed by atoms with E-state index in [2.05, 4.69) is 14.6 Å². The van der Waals surface area contributed by atoms with Gasteiger partial charge in [-0.3, -0.25) is 4.79 Å². The lowest BCUT2D eigenvalue weighted by molar-refractivity contribution is -0.133. The van der Waals surface area contributed by atoms with Gasteiger partial charge in [-0.1, -0.05) is 24.3 Å². The Morgan fingerprint density at radius 2 is 1.79 bits per heavy atom. The molecular formula is C20H26N4O3S2. The second-order valence-corrected chi connectivity index (χ2v) is 9.47. The zero-order valence-corrected chi connectivity index (χ0v) is 18.0. The molecule has 3 rings (SSSR count). The van der Waals surface area contributed by atoms with Crippen LogP contribution in [0.4, 0.5) is 5.82 Å². The molecule has 156 valence electrons. The first-order valence-electron chi connectivity index (χ1n) is 9.52. The molecule has 9 heteroatoms. The quantitative estimate of drug-likeness (QED) is 0.683. The Balaban J connectivity index is 1.66. The van der Waals surface area contributed by atoms with Gasteiger partial charge in [-0.25, -0.2) is 13.4 Å². The van der Waals surface area contributed by atoms with Gasteiger partial charge in [0.15, 0.2) is 0 Å². The van der Waals surface area contributed by atoms with E-state index in [1.165, 1.54) is 12.1 Å². The normalized spacial score (nSPS) is 15.9. The molecule has 1 aromatic heterocycles. The van der Waals surface area contributed by atoms with E-state index in [1.54, 1.807) is 41.1 Å². The Morgan fingerprint density at radius 3 is 2.41 bits per heavy atom. The topological polar surface area (TPSA) is 82.6 Å². The third-order valence-electron chi connectivity index (χ3n) is 4.82. The number of sulfonamides is 1. The molecule has 1 aliphatic heterocycles. The van der Waals surface area contributed by atoms with Gasteiger partial charge in [-0.15, -0.1) is 0 Å². The van der Waals surface area contributed by atoms with Crippen LogP contribution in [0.1, 0.15) is 6.42 Å². The fourth-order valence-electron chi connectivity index (χ4n) is 3.24. The van der Waals surface area contributed by atoms with Crippen molar-refractivity contribution in [1.82, 2.24) is 14.6 Å². The molecule has 1 atom stereocenters. The summed E-state index contributed by atoms with van der Waals surface area (Å²) in [5, 5.41) is 0. The smallest absolute Gasteiger partial charge is 0.241 e. The Bertz CT molecular complexity index is 886. The summed E-state index contributed by atoms with van der Waals surface area (Å²) in [6, 6.07) is 13.2. The molecule has 1 amide bonds. The maximum absolute atomic E-state index is 13.1. The van der Waals surface area contributed by atoms with Gasteiger partial charge in [0.05, 0.1) is 4.90 Å². The van der Waals surface area contributed by atoms with Crippen LogP contribution in [0.25, 0.3) is 0 Å². The summed E-state index contributed by atoms with van der Waals surface area (Å²) in [6.45, 7) is 2.42. The maximum Gasteiger partial charge on any atom is 0.241 e. The number of pyridine rings is 1. The second kappa shape index (κ2) is 10.1. The Morgan fingerprint density at radius 1 is 1.10 bits per heavy atom. The van der Waals surface area contributed by atoms with Gasteiger partial charge in [0.25, 0.3) is 0 Å². The van der Waals surface area contributed by atoms with Crippen molar-refractivity contribution in [3.8, 4) is 0 Å². The lowest BCUT2D eigenvalue weighted by Gasteiger charge is -2.37. The number of rotatable bonds is 8. The molecule has 2 aromatic rings. The molecular weight excluding hydrogens is 408 g/mol. The van der Waals surface area contributed by atoms with Crippen LogP contribution >= 0.6 is 11.8 Å². The van der Waals surface area contributed by atoms with Crippen LogP contribution in [0.2, 0.25) is 0 Å². The Kier molecular flexibility index (Phi) is 7.51. The summed E-state index contributed by atoms with van der Waals surface area (Å²) in [6.07, 6.45) is 4.15. The van der Waals surface area contributed by atoms with Crippen molar-refractivity contribution in [2.24, 2.45) is 0 Å². The molecule has 1 unspecified atom stereocenters. The largest absolute Gasteiger partial charge is 0.353 e. The Labute approximate surface area is 176 Å². The zero-order valence-electron chi connectivity index (χ0n) is 16.4. The number of hydrogen-bond acceptors (Lipinski definition) is 6. The molecule has 1 N–H and O–H groups in total. The fraction of sp³-hybridized carbons (Fsp3) is 0.400. The van der Waals surface area contributed by atoms with E-state index in [0.29, 0.717) is 38.4 Å². The number of piperazine rings is 1. The third kappa shape index (κ3) is 5.71. The van der Waals surface area contributed by atoms with E-state index >= 15 is 0 Å².